The average Bonchev–Trinajstić information content (AvgIpc) is 2.99. The first-order chi connectivity index (χ1) is 9.11. The Kier molecular flexibility index (Phi) is 2.86. The minimum Gasteiger partial charge on any atom is -0.338 e. The zero-order valence-electron chi connectivity index (χ0n) is 11.3. The Labute approximate surface area is 112 Å². The van der Waals surface area contributed by atoms with Crippen LogP contribution in [0.4, 0.5) is 0 Å². The topological polar surface area (TPSA) is 77.8 Å². The van der Waals surface area contributed by atoms with E-state index in [9.17, 15) is 0 Å². The molecule has 0 saturated heterocycles. The first kappa shape index (κ1) is 12.3. The zero-order valence-corrected chi connectivity index (χ0v) is 11.3. The molecule has 2 aromatic heterocycles. The summed E-state index contributed by atoms with van der Waals surface area (Å²) in [7, 11) is 0. The number of aryl methyl sites for hydroxylation is 1. The highest BCUT2D eigenvalue weighted by Gasteiger charge is 2.42. The molecule has 0 spiro atoms. The number of aromatic nitrogens is 3. The smallest absolute Gasteiger partial charge is 0.234 e. The van der Waals surface area contributed by atoms with Crippen LogP contribution < -0.4 is 5.73 Å². The van der Waals surface area contributed by atoms with Gasteiger partial charge in [0.05, 0.1) is 5.41 Å². The van der Waals surface area contributed by atoms with Crippen LogP contribution in [-0.4, -0.2) is 21.2 Å². The molecule has 1 aliphatic rings. The molecular formula is C14H18N4O. The van der Waals surface area contributed by atoms with E-state index in [2.05, 4.69) is 22.0 Å². The summed E-state index contributed by atoms with van der Waals surface area (Å²) in [4.78, 5) is 8.63. The third kappa shape index (κ3) is 1.94. The molecule has 3 rings (SSSR count). The molecule has 5 nitrogen and oxygen atoms in total. The monoisotopic (exact) mass is 258 g/mol. The number of rotatable bonds is 2. The van der Waals surface area contributed by atoms with Crippen molar-refractivity contribution in [3.05, 3.63) is 29.9 Å². The second-order valence-electron chi connectivity index (χ2n) is 5.53. The van der Waals surface area contributed by atoms with Crippen molar-refractivity contribution in [3.63, 3.8) is 0 Å². The van der Waals surface area contributed by atoms with Crippen molar-refractivity contribution in [2.75, 3.05) is 0 Å². The summed E-state index contributed by atoms with van der Waals surface area (Å²) < 4.78 is 5.47. The van der Waals surface area contributed by atoms with E-state index in [1.54, 1.807) is 12.4 Å². The summed E-state index contributed by atoms with van der Waals surface area (Å²) in [6.45, 7) is 4.10. The highest BCUT2D eigenvalue weighted by molar-refractivity contribution is 5.58. The number of nitrogens with zero attached hydrogens (tertiary/aromatic N) is 3. The molecule has 19 heavy (non-hydrogen) atoms. The highest BCUT2D eigenvalue weighted by Crippen LogP contribution is 2.39. The summed E-state index contributed by atoms with van der Waals surface area (Å²) >= 11 is 0. The SMILES string of the molecule is Cc1cnccc1-c1noc(C2(C)CCCC2N)n1. The van der Waals surface area contributed by atoms with Gasteiger partial charge in [-0.3, -0.25) is 4.98 Å². The molecular weight excluding hydrogens is 240 g/mol. The van der Waals surface area contributed by atoms with Crippen molar-refractivity contribution in [1.82, 2.24) is 15.1 Å². The Morgan fingerprint density at radius 3 is 3.00 bits per heavy atom. The molecule has 0 aromatic carbocycles. The molecule has 2 heterocycles. The average molecular weight is 258 g/mol. The van der Waals surface area contributed by atoms with Gasteiger partial charge in [0.1, 0.15) is 0 Å². The minimum absolute atomic E-state index is 0.0966. The van der Waals surface area contributed by atoms with Crippen LogP contribution in [-0.2, 0) is 5.41 Å². The quantitative estimate of drug-likeness (QED) is 0.893. The Morgan fingerprint density at radius 1 is 1.47 bits per heavy atom. The van der Waals surface area contributed by atoms with Crippen LogP contribution in [0.1, 0.15) is 37.6 Å². The van der Waals surface area contributed by atoms with Gasteiger partial charge in [0, 0.05) is 24.0 Å². The molecule has 100 valence electrons. The molecule has 1 aliphatic carbocycles. The molecule has 0 aliphatic heterocycles. The van der Waals surface area contributed by atoms with E-state index in [-0.39, 0.29) is 11.5 Å². The zero-order chi connectivity index (χ0) is 13.5. The molecule has 0 radical (unpaired) electrons. The lowest BCUT2D eigenvalue weighted by Gasteiger charge is -2.23. The predicted octanol–water partition coefficient (Wildman–Crippen LogP) is 2.21. The molecule has 0 amide bonds. The van der Waals surface area contributed by atoms with Crippen molar-refractivity contribution < 1.29 is 4.52 Å². The van der Waals surface area contributed by atoms with E-state index in [1.165, 1.54) is 0 Å². The molecule has 2 unspecified atom stereocenters. The van der Waals surface area contributed by atoms with Crippen molar-refractivity contribution in [2.45, 2.75) is 44.6 Å². The summed E-state index contributed by atoms with van der Waals surface area (Å²) in [5.41, 5.74) is 7.99. The highest BCUT2D eigenvalue weighted by atomic mass is 16.5. The second-order valence-corrected chi connectivity index (χ2v) is 5.53. The van der Waals surface area contributed by atoms with Gasteiger partial charge in [-0.25, -0.2) is 0 Å². The summed E-state index contributed by atoms with van der Waals surface area (Å²) in [6.07, 6.45) is 6.67. The third-order valence-corrected chi connectivity index (χ3v) is 4.21. The van der Waals surface area contributed by atoms with Crippen molar-refractivity contribution in [2.24, 2.45) is 5.73 Å². The molecule has 1 saturated carbocycles. The Balaban J connectivity index is 1.98. The molecule has 2 N–H and O–H groups in total. The van der Waals surface area contributed by atoms with Crippen molar-refractivity contribution in [1.29, 1.82) is 0 Å². The standard InChI is InChI=1S/C14H18N4O/c1-9-8-16-7-5-10(9)12-17-13(19-18-12)14(2)6-3-4-11(14)15/h5,7-8,11H,3-4,6,15H2,1-2H3. The molecule has 2 atom stereocenters. The van der Waals surface area contributed by atoms with Crippen LogP contribution in [0.25, 0.3) is 11.4 Å². The van der Waals surface area contributed by atoms with Gasteiger partial charge < -0.3 is 10.3 Å². The van der Waals surface area contributed by atoms with Gasteiger partial charge >= 0.3 is 0 Å². The minimum atomic E-state index is -0.188. The first-order valence-corrected chi connectivity index (χ1v) is 6.62. The van der Waals surface area contributed by atoms with E-state index in [0.29, 0.717) is 11.7 Å². The first-order valence-electron chi connectivity index (χ1n) is 6.62. The fraction of sp³-hybridized carbons (Fsp3) is 0.500. The Bertz CT molecular complexity index is 595. The Hall–Kier alpha value is -1.75. The van der Waals surface area contributed by atoms with Crippen molar-refractivity contribution >= 4 is 0 Å². The molecule has 0 bridgehead atoms. The normalized spacial score (nSPS) is 26.8. The molecule has 2 aromatic rings. The van der Waals surface area contributed by atoms with Gasteiger partial charge in [-0.2, -0.15) is 4.98 Å². The van der Waals surface area contributed by atoms with E-state index >= 15 is 0 Å². The lowest BCUT2D eigenvalue weighted by atomic mass is 9.85. The van der Waals surface area contributed by atoms with Crippen LogP contribution in [0, 0.1) is 6.92 Å². The van der Waals surface area contributed by atoms with E-state index < -0.39 is 0 Å². The lowest BCUT2D eigenvalue weighted by Crippen LogP contribution is -2.38. The van der Waals surface area contributed by atoms with Gasteiger partial charge in [0.25, 0.3) is 0 Å². The van der Waals surface area contributed by atoms with Gasteiger partial charge in [-0.1, -0.05) is 11.6 Å². The lowest BCUT2D eigenvalue weighted by molar-refractivity contribution is 0.278. The van der Waals surface area contributed by atoms with Gasteiger partial charge in [-0.05, 0) is 38.3 Å². The van der Waals surface area contributed by atoms with Crippen LogP contribution in [0.3, 0.4) is 0 Å². The third-order valence-electron chi connectivity index (χ3n) is 4.21. The summed E-state index contributed by atoms with van der Waals surface area (Å²) in [5, 5.41) is 4.10. The molecule has 5 heteroatoms. The van der Waals surface area contributed by atoms with Crippen LogP contribution >= 0.6 is 0 Å². The molecule has 1 fully saturated rings. The van der Waals surface area contributed by atoms with E-state index in [1.807, 2.05) is 13.0 Å². The number of hydrogen-bond acceptors (Lipinski definition) is 5. The number of nitrogens with two attached hydrogens (primary N) is 1. The predicted molar refractivity (Wildman–Crippen MR) is 71.4 cm³/mol. The van der Waals surface area contributed by atoms with Crippen LogP contribution in [0.2, 0.25) is 0 Å². The number of hydrogen-bond donors (Lipinski definition) is 1. The van der Waals surface area contributed by atoms with Crippen LogP contribution in [0.5, 0.6) is 0 Å². The largest absolute Gasteiger partial charge is 0.338 e. The second kappa shape index (κ2) is 4.42. The fourth-order valence-corrected chi connectivity index (χ4v) is 2.75. The van der Waals surface area contributed by atoms with Crippen molar-refractivity contribution in [3.8, 4) is 11.4 Å². The summed E-state index contributed by atoms with van der Waals surface area (Å²) in [5.74, 6) is 1.28. The van der Waals surface area contributed by atoms with E-state index in [4.69, 9.17) is 10.3 Å². The maximum Gasteiger partial charge on any atom is 0.234 e. The summed E-state index contributed by atoms with van der Waals surface area (Å²) in [6, 6.07) is 2.00. The van der Waals surface area contributed by atoms with E-state index in [0.717, 1.165) is 30.4 Å². The maximum absolute atomic E-state index is 6.19. The van der Waals surface area contributed by atoms with Crippen LogP contribution in [0.15, 0.2) is 23.0 Å². The van der Waals surface area contributed by atoms with Gasteiger partial charge in [0.2, 0.25) is 11.7 Å². The Morgan fingerprint density at radius 2 is 2.32 bits per heavy atom. The number of pyridine rings is 1. The maximum atomic E-state index is 6.19. The fourth-order valence-electron chi connectivity index (χ4n) is 2.75. The van der Waals surface area contributed by atoms with Gasteiger partial charge in [-0.15, -0.1) is 0 Å². The van der Waals surface area contributed by atoms with Gasteiger partial charge in [0.15, 0.2) is 0 Å².